The van der Waals surface area contributed by atoms with Crippen molar-refractivity contribution in [3.63, 3.8) is 0 Å². The van der Waals surface area contributed by atoms with E-state index < -0.39 is 30.8 Å². The van der Waals surface area contributed by atoms with Crippen LogP contribution in [-0.2, 0) is 0 Å². The summed E-state index contributed by atoms with van der Waals surface area (Å²) in [5.41, 5.74) is 5.41. The van der Waals surface area contributed by atoms with Crippen molar-refractivity contribution < 1.29 is 31.4 Å². The molecule has 0 aliphatic carbocycles. The lowest BCUT2D eigenvalue weighted by Gasteiger charge is -2.22. The number of nitrogens with zero attached hydrogens (tertiary/aromatic N) is 6. The van der Waals surface area contributed by atoms with Crippen LogP contribution in [0.2, 0.25) is 5.02 Å². The van der Waals surface area contributed by atoms with Gasteiger partial charge in [0.05, 0.1) is 41.2 Å². The van der Waals surface area contributed by atoms with Crippen LogP contribution in [-0.4, -0.2) is 106 Å². The second kappa shape index (κ2) is 16.9. The van der Waals surface area contributed by atoms with E-state index in [1.165, 1.54) is 30.9 Å². The van der Waals surface area contributed by atoms with Crippen LogP contribution in [0.3, 0.4) is 0 Å². The molecule has 3 aliphatic heterocycles. The number of allylic oxidation sites excluding steroid dienone is 1. The highest BCUT2D eigenvalue weighted by molar-refractivity contribution is 8.02. The average Bonchev–Trinajstić information content (AvgIpc) is 3.58. The number of nitriles is 1. The smallest absolute Gasteiger partial charge is 0.318 e. The normalized spacial score (nSPS) is 18.9. The van der Waals surface area contributed by atoms with E-state index in [4.69, 9.17) is 26.8 Å². The highest BCUT2D eigenvalue weighted by atomic mass is 35.5. The quantitative estimate of drug-likeness (QED) is 0.221. The molecule has 9 nitrogen and oxygen atoms in total. The zero-order valence-corrected chi connectivity index (χ0v) is 29.4. The van der Waals surface area contributed by atoms with Crippen molar-refractivity contribution in [3.05, 3.63) is 45.4 Å². The van der Waals surface area contributed by atoms with E-state index in [-0.39, 0.29) is 73.9 Å². The molecule has 0 amide bonds. The lowest BCUT2D eigenvalue weighted by atomic mass is 9.93. The third-order valence-electron chi connectivity index (χ3n) is 7.95. The second-order valence-electron chi connectivity index (χ2n) is 12.0. The Morgan fingerprint density at radius 3 is 2.57 bits per heavy atom. The minimum Gasteiger partial charge on any atom is -0.489 e. The third kappa shape index (κ3) is 8.78. The Hall–Kier alpha value is -3.58. The number of hydrogen-bond acceptors (Lipinski definition) is 10. The topological polar surface area (TPSA) is 104 Å². The highest BCUT2D eigenvalue weighted by Crippen LogP contribution is 2.49. The zero-order valence-electron chi connectivity index (χ0n) is 27.9. The molecule has 2 unspecified atom stereocenters. The number of aromatic nitrogens is 2. The van der Waals surface area contributed by atoms with Crippen LogP contribution in [0, 0.1) is 23.0 Å². The predicted octanol–water partition coefficient (Wildman–Crippen LogP) is 6.59. The molecule has 2 saturated heterocycles. The molecule has 2 aromatic carbocycles. The van der Waals surface area contributed by atoms with Crippen LogP contribution in [0.15, 0.2) is 23.2 Å². The molecule has 2 fully saturated rings. The molecular formula is C33H39ClF5N7O2S. The molecule has 3 aliphatic rings. The fourth-order valence-corrected chi connectivity index (χ4v) is 6.65. The number of ether oxygens (including phenoxy) is 2. The molecule has 4 heterocycles. The average molecular weight is 728 g/mol. The van der Waals surface area contributed by atoms with Crippen LogP contribution >= 0.6 is 23.4 Å². The Labute approximate surface area is 291 Å². The fourth-order valence-electron chi connectivity index (χ4n) is 5.95. The molecule has 0 spiro atoms. The number of halogens is 6. The molecular weight excluding hydrogens is 689 g/mol. The summed E-state index contributed by atoms with van der Waals surface area (Å²) in [6.07, 6.45) is 1.74. The molecule has 3 aromatic rings. The van der Waals surface area contributed by atoms with E-state index in [0.717, 1.165) is 36.9 Å². The Kier molecular flexibility index (Phi) is 13.2. The van der Waals surface area contributed by atoms with Gasteiger partial charge in [0.15, 0.2) is 11.6 Å². The maximum absolute atomic E-state index is 16.2. The number of thioether (sulfide) groups is 1. The molecule has 6 rings (SSSR count). The summed E-state index contributed by atoms with van der Waals surface area (Å²) in [6, 6.07) is 5.67. The molecule has 49 heavy (non-hydrogen) atoms. The zero-order chi connectivity index (χ0) is 36.0. The number of nitrogens with two attached hydrogens (primary N) is 1. The van der Waals surface area contributed by atoms with Crippen LogP contribution in [0.25, 0.3) is 27.6 Å². The number of methoxy groups -OCH3 is 1. The summed E-state index contributed by atoms with van der Waals surface area (Å²) in [5.74, 6) is -1.71. The van der Waals surface area contributed by atoms with Crippen molar-refractivity contribution >= 4 is 45.7 Å². The molecule has 2 N–H and O–H groups in total. The Morgan fingerprint density at radius 1 is 1.24 bits per heavy atom. The SMILES string of the molecule is CN(C)C.COc1nc2c3c(c(Cl)c(-c4ccc(F)cc4/C(C#N)=C(/N)SC)c(F)c3n1)OCCN2CC(F)F.FC1CC2CCCN2C1. The van der Waals surface area contributed by atoms with E-state index in [9.17, 15) is 22.8 Å². The first-order valence-electron chi connectivity index (χ1n) is 15.5. The largest absolute Gasteiger partial charge is 0.489 e. The van der Waals surface area contributed by atoms with Crippen LogP contribution in [0.5, 0.6) is 11.8 Å². The summed E-state index contributed by atoms with van der Waals surface area (Å²) in [5, 5.41) is 9.58. The van der Waals surface area contributed by atoms with Gasteiger partial charge in [-0.15, -0.1) is 11.8 Å². The van der Waals surface area contributed by atoms with E-state index in [1.54, 1.807) is 6.26 Å². The van der Waals surface area contributed by atoms with Crippen LogP contribution in [0.4, 0.5) is 27.8 Å². The standard InChI is InChI=1S/C23H18ClF4N5O2S.C7H12FN.C3H9N/c1-34-23-31-19-16-20(35-6-5-33(9-14(26)27)22(16)32-23)17(24)15(18(19)28)11-4-3-10(25)7-12(11)13(8-29)21(30)36-2;8-6-4-7-2-1-3-9(7)5-6;1-4(2)3/h3-4,7,14H,5-6,9,30H2,1-2H3;6-7H,1-5H2;1-3H3/b21-13-;;. The van der Waals surface area contributed by atoms with Gasteiger partial charge in [-0.2, -0.15) is 15.2 Å². The number of benzene rings is 2. The summed E-state index contributed by atoms with van der Waals surface area (Å²) < 4.78 is 80.5. The Bertz CT molecular complexity index is 1710. The predicted molar refractivity (Wildman–Crippen MR) is 184 cm³/mol. The van der Waals surface area contributed by atoms with Gasteiger partial charge in [0.25, 0.3) is 6.43 Å². The number of fused-ring (bicyclic) bond motifs is 1. The minimum atomic E-state index is -2.71. The maximum Gasteiger partial charge on any atom is 0.318 e. The lowest BCUT2D eigenvalue weighted by molar-refractivity contribution is 0.153. The van der Waals surface area contributed by atoms with Gasteiger partial charge in [-0.25, -0.2) is 22.0 Å². The van der Waals surface area contributed by atoms with Gasteiger partial charge >= 0.3 is 6.01 Å². The summed E-state index contributed by atoms with van der Waals surface area (Å²) in [4.78, 5) is 13.8. The minimum absolute atomic E-state index is 0.00546. The first kappa shape index (κ1) is 38.2. The van der Waals surface area contributed by atoms with Gasteiger partial charge in [0.2, 0.25) is 0 Å². The second-order valence-corrected chi connectivity index (χ2v) is 13.2. The van der Waals surface area contributed by atoms with Gasteiger partial charge in [0, 0.05) is 23.7 Å². The van der Waals surface area contributed by atoms with Crippen molar-refractivity contribution in [2.45, 2.75) is 37.9 Å². The van der Waals surface area contributed by atoms with Crippen LogP contribution in [0.1, 0.15) is 24.8 Å². The number of alkyl halides is 3. The van der Waals surface area contributed by atoms with Gasteiger partial charge in [-0.1, -0.05) is 17.7 Å². The van der Waals surface area contributed by atoms with Crippen molar-refractivity contribution in [3.8, 4) is 29.0 Å². The summed E-state index contributed by atoms with van der Waals surface area (Å²) in [7, 11) is 7.25. The van der Waals surface area contributed by atoms with E-state index in [1.807, 2.05) is 32.1 Å². The molecule has 1 aromatic heterocycles. The van der Waals surface area contributed by atoms with Crippen molar-refractivity contribution in [1.82, 2.24) is 19.8 Å². The highest BCUT2D eigenvalue weighted by Gasteiger charge is 2.35. The lowest BCUT2D eigenvalue weighted by Crippen LogP contribution is -2.32. The maximum atomic E-state index is 16.2. The monoisotopic (exact) mass is 727 g/mol. The van der Waals surface area contributed by atoms with Crippen LogP contribution < -0.4 is 20.1 Å². The van der Waals surface area contributed by atoms with Gasteiger partial charge in [-0.05, 0) is 70.9 Å². The summed E-state index contributed by atoms with van der Waals surface area (Å²) >= 11 is 7.72. The molecule has 16 heteroatoms. The first-order chi connectivity index (χ1) is 23.3. The molecule has 266 valence electrons. The molecule has 0 bridgehead atoms. The third-order valence-corrected chi connectivity index (χ3v) is 8.95. The first-order valence-corrected chi connectivity index (χ1v) is 17.1. The molecule has 0 radical (unpaired) electrons. The van der Waals surface area contributed by atoms with Crippen molar-refractivity contribution in [2.75, 3.05) is 72.2 Å². The van der Waals surface area contributed by atoms with Gasteiger partial charge in [0.1, 0.15) is 36.0 Å². The number of rotatable bonds is 6. The molecule has 2 atom stereocenters. The van der Waals surface area contributed by atoms with Crippen molar-refractivity contribution in [1.29, 1.82) is 5.26 Å². The van der Waals surface area contributed by atoms with Gasteiger partial charge < -0.3 is 25.0 Å². The fraction of sp³-hybridized carbons (Fsp3) is 0.485. The number of hydrogen-bond donors (Lipinski definition) is 1. The summed E-state index contributed by atoms with van der Waals surface area (Å²) in [6.45, 7) is 1.11. The molecule has 0 saturated carbocycles. The Morgan fingerprint density at radius 2 is 1.96 bits per heavy atom. The van der Waals surface area contributed by atoms with E-state index >= 15 is 4.39 Å². The van der Waals surface area contributed by atoms with E-state index in [2.05, 4.69) is 14.9 Å². The van der Waals surface area contributed by atoms with Gasteiger partial charge in [-0.3, -0.25) is 4.90 Å². The van der Waals surface area contributed by atoms with Crippen molar-refractivity contribution in [2.24, 2.45) is 5.73 Å². The number of anilines is 1. The van der Waals surface area contributed by atoms with E-state index in [0.29, 0.717) is 12.6 Å². The Balaban J connectivity index is 0.000000345.